The number of likely N-dealkylation sites (tertiary alicyclic amines) is 1. The highest BCUT2D eigenvalue weighted by molar-refractivity contribution is 5.84. The standard InChI is InChI=1S/C9H15NO/c1-3-9(11)8-5-6-4-7(6)10(8)2/h6-8H,3-5H2,1-2H3. The number of hydrogen-bond donors (Lipinski definition) is 0. The topological polar surface area (TPSA) is 20.3 Å². The summed E-state index contributed by atoms with van der Waals surface area (Å²) in [5, 5.41) is 0. The molecule has 3 unspecified atom stereocenters. The first-order chi connectivity index (χ1) is 5.24. The van der Waals surface area contributed by atoms with Crippen LogP contribution in [-0.2, 0) is 4.79 Å². The van der Waals surface area contributed by atoms with Crippen LogP contribution in [0.4, 0.5) is 0 Å². The minimum Gasteiger partial charge on any atom is -0.298 e. The van der Waals surface area contributed by atoms with Crippen LogP contribution in [-0.4, -0.2) is 29.8 Å². The van der Waals surface area contributed by atoms with Gasteiger partial charge in [-0.05, 0) is 25.8 Å². The van der Waals surface area contributed by atoms with Crippen molar-refractivity contribution >= 4 is 5.78 Å². The Morgan fingerprint density at radius 3 is 2.73 bits per heavy atom. The zero-order valence-corrected chi connectivity index (χ0v) is 7.21. The molecule has 0 amide bonds. The Hall–Kier alpha value is -0.370. The van der Waals surface area contributed by atoms with Crippen LogP contribution >= 0.6 is 0 Å². The van der Waals surface area contributed by atoms with Crippen molar-refractivity contribution in [2.24, 2.45) is 5.92 Å². The molecule has 2 rings (SSSR count). The molecule has 3 atom stereocenters. The van der Waals surface area contributed by atoms with Crippen molar-refractivity contribution < 1.29 is 4.79 Å². The molecule has 0 spiro atoms. The minimum atomic E-state index is 0.267. The number of piperidine rings is 1. The van der Waals surface area contributed by atoms with E-state index in [0.29, 0.717) is 12.2 Å². The first-order valence-corrected chi connectivity index (χ1v) is 4.48. The van der Waals surface area contributed by atoms with Crippen LogP contribution in [0.25, 0.3) is 0 Å². The second-order valence-electron chi connectivity index (χ2n) is 3.80. The quantitative estimate of drug-likeness (QED) is 0.591. The van der Waals surface area contributed by atoms with Gasteiger partial charge < -0.3 is 0 Å². The number of likely N-dealkylation sites (N-methyl/N-ethyl adjacent to an activating group) is 1. The smallest absolute Gasteiger partial charge is 0.149 e. The molecule has 0 aromatic rings. The van der Waals surface area contributed by atoms with E-state index in [1.54, 1.807) is 0 Å². The van der Waals surface area contributed by atoms with Gasteiger partial charge in [0, 0.05) is 12.5 Å². The third-order valence-electron chi connectivity index (χ3n) is 3.15. The van der Waals surface area contributed by atoms with E-state index in [4.69, 9.17) is 0 Å². The van der Waals surface area contributed by atoms with Crippen LogP contribution in [0.15, 0.2) is 0 Å². The van der Waals surface area contributed by atoms with Crippen molar-refractivity contribution in [1.82, 2.24) is 4.90 Å². The van der Waals surface area contributed by atoms with Crippen LogP contribution in [0.3, 0.4) is 0 Å². The number of Topliss-reactive ketones (excluding diaryl/α,β-unsaturated/α-hetero) is 1. The summed E-state index contributed by atoms with van der Waals surface area (Å²) in [4.78, 5) is 13.6. The lowest BCUT2D eigenvalue weighted by molar-refractivity contribution is -0.123. The molecule has 1 aliphatic heterocycles. The van der Waals surface area contributed by atoms with Crippen molar-refractivity contribution in [2.75, 3.05) is 7.05 Å². The van der Waals surface area contributed by atoms with Gasteiger partial charge in [0.05, 0.1) is 6.04 Å². The van der Waals surface area contributed by atoms with E-state index in [2.05, 4.69) is 11.9 Å². The maximum atomic E-state index is 11.3. The van der Waals surface area contributed by atoms with Gasteiger partial charge in [-0.1, -0.05) is 6.92 Å². The number of carbonyl (C=O) groups is 1. The molecule has 1 aliphatic carbocycles. The fourth-order valence-electron chi connectivity index (χ4n) is 2.26. The predicted molar refractivity (Wildman–Crippen MR) is 43.4 cm³/mol. The predicted octanol–water partition coefficient (Wildman–Crippen LogP) is 1.06. The highest BCUT2D eigenvalue weighted by Crippen LogP contribution is 2.46. The van der Waals surface area contributed by atoms with Gasteiger partial charge in [0.25, 0.3) is 0 Å². The lowest BCUT2D eigenvalue weighted by Crippen LogP contribution is -2.35. The second-order valence-corrected chi connectivity index (χ2v) is 3.80. The Balaban J connectivity index is 2.01. The SMILES string of the molecule is CCC(=O)C1CC2CC2N1C. The summed E-state index contributed by atoms with van der Waals surface area (Å²) in [5.74, 6) is 1.29. The number of carbonyl (C=O) groups excluding carboxylic acids is 1. The maximum Gasteiger partial charge on any atom is 0.149 e. The molecule has 2 nitrogen and oxygen atoms in total. The highest BCUT2D eigenvalue weighted by atomic mass is 16.1. The minimum absolute atomic E-state index is 0.267. The molecule has 0 N–H and O–H groups in total. The van der Waals surface area contributed by atoms with E-state index in [9.17, 15) is 4.79 Å². The summed E-state index contributed by atoms with van der Waals surface area (Å²) >= 11 is 0. The molecule has 0 aromatic heterocycles. The maximum absolute atomic E-state index is 11.3. The average Bonchev–Trinajstić information content (AvgIpc) is 2.71. The largest absolute Gasteiger partial charge is 0.298 e. The summed E-state index contributed by atoms with van der Waals surface area (Å²) in [6.07, 6.45) is 3.17. The first-order valence-electron chi connectivity index (χ1n) is 4.48. The second kappa shape index (κ2) is 2.31. The molecule has 2 fully saturated rings. The molecular weight excluding hydrogens is 138 g/mol. The molecule has 0 bridgehead atoms. The van der Waals surface area contributed by atoms with Gasteiger partial charge >= 0.3 is 0 Å². The van der Waals surface area contributed by atoms with E-state index in [-0.39, 0.29) is 6.04 Å². The van der Waals surface area contributed by atoms with Gasteiger partial charge in [-0.3, -0.25) is 9.69 Å². The molecule has 11 heavy (non-hydrogen) atoms. The van der Waals surface area contributed by atoms with E-state index in [1.807, 2.05) is 6.92 Å². The number of ketones is 1. The Labute approximate surface area is 67.6 Å². The Morgan fingerprint density at radius 1 is 1.55 bits per heavy atom. The van der Waals surface area contributed by atoms with Crippen molar-refractivity contribution in [3.05, 3.63) is 0 Å². The van der Waals surface area contributed by atoms with Crippen molar-refractivity contribution in [3.63, 3.8) is 0 Å². The van der Waals surface area contributed by atoms with Gasteiger partial charge in [-0.2, -0.15) is 0 Å². The molecule has 2 heteroatoms. The van der Waals surface area contributed by atoms with E-state index in [1.165, 1.54) is 6.42 Å². The van der Waals surface area contributed by atoms with Crippen LogP contribution in [0.5, 0.6) is 0 Å². The summed E-state index contributed by atoms with van der Waals surface area (Å²) in [6.45, 7) is 1.96. The van der Waals surface area contributed by atoms with Crippen LogP contribution in [0.2, 0.25) is 0 Å². The monoisotopic (exact) mass is 153 g/mol. The average molecular weight is 153 g/mol. The molecule has 1 saturated carbocycles. The molecule has 0 radical (unpaired) electrons. The zero-order valence-electron chi connectivity index (χ0n) is 7.21. The summed E-state index contributed by atoms with van der Waals surface area (Å²) in [6, 6.07) is 1.03. The zero-order chi connectivity index (χ0) is 8.01. The molecule has 0 aromatic carbocycles. The molecule has 1 heterocycles. The summed E-state index contributed by atoms with van der Waals surface area (Å²) in [5.41, 5.74) is 0. The molecule has 2 aliphatic rings. The van der Waals surface area contributed by atoms with Gasteiger partial charge in [-0.15, -0.1) is 0 Å². The highest BCUT2D eigenvalue weighted by Gasteiger charge is 2.51. The number of hydrogen-bond acceptors (Lipinski definition) is 2. The number of fused-ring (bicyclic) bond motifs is 1. The first kappa shape index (κ1) is 7.29. The third kappa shape index (κ3) is 1.00. The Bertz CT molecular complexity index is 190. The molecule has 1 saturated heterocycles. The lowest BCUT2D eigenvalue weighted by atomic mass is 10.1. The van der Waals surface area contributed by atoms with Gasteiger partial charge in [0.2, 0.25) is 0 Å². The van der Waals surface area contributed by atoms with Crippen LogP contribution in [0.1, 0.15) is 26.2 Å². The van der Waals surface area contributed by atoms with Crippen molar-refractivity contribution in [3.8, 4) is 0 Å². The summed E-state index contributed by atoms with van der Waals surface area (Å²) < 4.78 is 0. The van der Waals surface area contributed by atoms with Crippen molar-refractivity contribution in [2.45, 2.75) is 38.3 Å². The van der Waals surface area contributed by atoms with E-state index in [0.717, 1.165) is 18.4 Å². The number of nitrogens with zero attached hydrogens (tertiary/aromatic N) is 1. The normalized spacial score (nSPS) is 42.2. The summed E-state index contributed by atoms with van der Waals surface area (Å²) in [7, 11) is 2.09. The Morgan fingerprint density at radius 2 is 2.27 bits per heavy atom. The number of rotatable bonds is 2. The lowest BCUT2D eigenvalue weighted by Gasteiger charge is -2.20. The third-order valence-corrected chi connectivity index (χ3v) is 3.15. The van der Waals surface area contributed by atoms with Gasteiger partial charge in [-0.25, -0.2) is 0 Å². The van der Waals surface area contributed by atoms with Crippen molar-refractivity contribution in [1.29, 1.82) is 0 Å². The van der Waals surface area contributed by atoms with Crippen LogP contribution in [0, 0.1) is 5.92 Å². The fourth-order valence-corrected chi connectivity index (χ4v) is 2.26. The van der Waals surface area contributed by atoms with E-state index < -0.39 is 0 Å². The van der Waals surface area contributed by atoms with Gasteiger partial charge in [0.15, 0.2) is 0 Å². The fraction of sp³-hybridized carbons (Fsp3) is 0.889. The van der Waals surface area contributed by atoms with Gasteiger partial charge in [0.1, 0.15) is 5.78 Å². The van der Waals surface area contributed by atoms with E-state index >= 15 is 0 Å². The molecular formula is C9H15NO. The Kier molecular flexibility index (Phi) is 1.53. The molecule has 62 valence electrons. The van der Waals surface area contributed by atoms with Crippen LogP contribution < -0.4 is 0 Å².